The molecular formula is C35H37Cl2N3O4S. The van der Waals surface area contributed by atoms with E-state index < -0.39 is 0 Å². The minimum absolute atomic E-state index is 0.157. The molecule has 1 aromatic heterocycles. The zero-order valence-corrected chi connectivity index (χ0v) is 28.2. The Morgan fingerprint density at radius 3 is 2.16 bits per heavy atom. The van der Waals surface area contributed by atoms with Crippen LogP contribution in [0, 0.1) is 6.92 Å². The molecule has 5 rings (SSSR count). The first-order chi connectivity index (χ1) is 21.5. The average molecular weight is 667 g/mol. The summed E-state index contributed by atoms with van der Waals surface area (Å²) in [5.41, 5.74) is 2.78. The van der Waals surface area contributed by atoms with Gasteiger partial charge in [0.05, 0.1) is 10.7 Å². The maximum atomic E-state index is 13.0. The minimum atomic E-state index is -0.343. The number of benzene rings is 3. The molecule has 1 fully saturated rings. The molecule has 10 heteroatoms. The van der Waals surface area contributed by atoms with E-state index in [9.17, 15) is 14.4 Å². The van der Waals surface area contributed by atoms with Gasteiger partial charge >= 0.3 is 0 Å². The molecule has 0 saturated carbocycles. The van der Waals surface area contributed by atoms with Crippen LogP contribution in [0.1, 0.15) is 70.6 Å². The molecule has 2 heterocycles. The Morgan fingerprint density at radius 2 is 1.53 bits per heavy atom. The summed E-state index contributed by atoms with van der Waals surface area (Å²) in [6.45, 7) is 7.58. The Labute approximate surface area is 278 Å². The number of hydrogen-bond donors (Lipinski definition) is 0. The van der Waals surface area contributed by atoms with E-state index >= 15 is 0 Å². The number of ketones is 2. The van der Waals surface area contributed by atoms with Gasteiger partial charge in [-0.3, -0.25) is 14.4 Å². The van der Waals surface area contributed by atoms with Gasteiger partial charge < -0.3 is 9.64 Å². The molecule has 0 spiro atoms. The van der Waals surface area contributed by atoms with Gasteiger partial charge in [-0.1, -0.05) is 95.6 Å². The summed E-state index contributed by atoms with van der Waals surface area (Å²) in [5, 5.41) is 5.14. The van der Waals surface area contributed by atoms with Gasteiger partial charge in [0.1, 0.15) is 5.56 Å². The number of halogens is 2. The van der Waals surface area contributed by atoms with Gasteiger partial charge in [-0.2, -0.15) is 5.10 Å². The zero-order chi connectivity index (χ0) is 32.6. The van der Waals surface area contributed by atoms with Gasteiger partial charge in [0.2, 0.25) is 11.7 Å². The summed E-state index contributed by atoms with van der Waals surface area (Å²) < 4.78 is 6.95. The third-order valence-electron chi connectivity index (χ3n) is 7.43. The quantitative estimate of drug-likeness (QED) is 0.175. The summed E-state index contributed by atoms with van der Waals surface area (Å²) in [4.78, 5) is 39.6. The van der Waals surface area contributed by atoms with Crippen LogP contribution in [0.3, 0.4) is 0 Å². The van der Waals surface area contributed by atoms with Crippen molar-refractivity contribution in [1.82, 2.24) is 14.7 Å². The number of likely N-dealkylation sites (tertiary alicyclic amines) is 1. The summed E-state index contributed by atoms with van der Waals surface area (Å²) in [5.74, 6) is -0.324. The first-order valence-electron chi connectivity index (χ1n) is 14.8. The number of aromatic nitrogens is 2. The maximum Gasteiger partial charge on any atom is 0.282 e. The van der Waals surface area contributed by atoms with Gasteiger partial charge in [0.25, 0.3) is 5.24 Å². The molecule has 1 amide bonds. The van der Waals surface area contributed by atoms with E-state index in [0.29, 0.717) is 16.3 Å². The lowest BCUT2D eigenvalue weighted by molar-refractivity contribution is 0.0908. The molecule has 0 radical (unpaired) electrons. The fraction of sp³-hybridized carbons (Fsp3) is 0.314. The lowest BCUT2D eigenvalue weighted by atomic mass is 10.0. The normalized spacial score (nSPS) is 13.1. The highest BCUT2D eigenvalue weighted by Gasteiger charge is 2.28. The van der Waals surface area contributed by atoms with Crippen LogP contribution in [-0.2, 0) is 11.8 Å². The number of rotatable bonds is 8. The van der Waals surface area contributed by atoms with Crippen molar-refractivity contribution >= 4 is 51.8 Å². The Bertz CT molecular complexity index is 1640. The molecule has 3 aromatic carbocycles. The lowest BCUT2D eigenvalue weighted by Gasteiger charge is -2.30. The summed E-state index contributed by atoms with van der Waals surface area (Å²) in [6, 6.07) is 23.7. The van der Waals surface area contributed by atoms with Crippen molar-refractivity contribution in [1.29, 1.82) is 0 Å². The Balaban J connectivity index is 0.000000222. The number of ether oxygens (including phenoxy) is 1. The Morgan fingerprint density at radius 1 is 0.911 bits per heavy atom. The van der Waals surface area contributed by atoms with Crippen molar-refractivity contribution in [3.8, 4) is 5.88 Å². The van der Waals surface area contributed by atoms with Crippen molar-refractivity contribution in [2.75, 3.05) is 19.7 Å². The molecule has 1 aliphatic rings. The SMILES string of the molecule is CC(C)(SC(=O)N1CCCCC1)c1ccccc1.Cc1nn(C)c(OCC(=O)c2ccccc2)c1C(=O)c1ccc(Cl)cc1Cl. The zero-order valence-electron chi connectivity index (χ0n) is 25.9. The van der Waals surface area contributed by atoms with Crippen LogP contribution in [0.4, 0.5) is 4.79 Å². The fourth-order valence-electron chi connectivity index (χ4n) is 4.97. The minimum Gasteiger partial charge on any atom is -0.469 e. The molecule has 0 bridgehead atoms. The van der Waals surface area contributed by atoms with E-state index in [0.717, 1.165) is 25.9 Å². The number of hydrogen-bond acceptors (Lipinski definition) is 6. The first kappa shape index (κ1) is 34.3. The molecule has 7 nitrogen and oxygen atoms in total. The number of Topliss-reactive ketones (excluding diaryl/α,β-unsaturated/α-hetero) is 1. The predicted octanol–water partition coefficient (Wildman–Crippen LogP) is 8.79. The van der Waals surface area contributed by atoms with Crippen LogP contribution in [0.15, 0.2) is 78.9 Å². The van der Waals surface area contributed by atoms with Crippen molar-refractivity contribution < 1.29 is 19.1 Å². The van der Waals surface area contributed by atoms with Crippen LogP contribution in [0.2, 0.25) is 10.0 Å². The molecule has 236 valence electrons. The summed E-state index contributed by atoms with van der Waals surface area (Å²) in [6.07, 6.45) is 3.56. The van der Waals surface area contributed by atoms with E-state index in [1.54, 1.807) is 50.4 Å². The molecule has 0 unspecified atom stereocenters. The van der Waals surface area contributed by atoms with Gasteiger partial charge in [-0.15, -0.1) is 0 Å². The fourth-order valence-corrected chi connectivity index (χ4v) is 6.47. The number of thioether (sulfide) groups is 1. The number of carbonyl (C=O) groups excluding carboxylic acids is 3. The highest BCUT2D eigenvalue weighted by atomic mass is 35.5. The summed E-state index contributed by atoms with van der Waals surface area (Å²) >= 11 is 13.5. The molecule has 45 heavy (non-hydrogen) atoms. The van der Waals surface area contributed by atoms with Crippen molar-refractivity contribution in [3.63, 3.8) is 0 Å². The number of aryl methyl sites for hydroxylation is 2. The third-order valence-corrected chi connectivity index (χ3v) is 9.16. The number of piperidine rings is 1. The molecule has 0 atom stereocenters. The van der Waals surface area contributed by atoms with E-state index in [1.807, 2.05) is 29.2 Å². The standard InChI is InChI=1S/C20H16Cl2N2O3.C15H21NOS/c1-12-18(19(26)15-9-8-14(21)10-16(15)22)20(24(2)23-12)27-11-17(25)13-6-4-3-5-7-13;1-15(2,13-9-5-3-6-10-13)18-14(17)16-11-7-4-8-12-16/h3-10H,11H2,1-2H3;3,5-6,9-10H,4,7-8,11-12H2,1-2H3. The maximum absolute atomic E-state index is 13.0. The van der Waals surface area contributed by atoms with Crippen molar-refractivity contribution in [2.45, 2.75) is 44.8 Å². The molecule has 0 N–H and O–H groups in total. The van der Waals surface area contributed by atoms with Crippen molar-refractivity contribution in [3.05, 3.63) is 117 Å². The second-order valence-electron chi connectivity index (χ2n) is 11.2. The van der Waals surface area contributed by atoms with Crippen LogP contribution in [0.25, 0.3) is 0 Å². The second-order valence-corrected chi connectivity index (χ2v) is 13.6. The monoisotopic (exact) mass is 665 g/mol. The second kappa shape index (κ2) is 15.6. The largest absolute Gasteiger partial charge is 0.469 e. The van der Waals surface area contributed by atoms with Crippen LogP contribution >= 0.6 is 35.0 Å². The molecular weight excluding hydrogens is 629 g/mol. The predicted molar refractivity (Wildman–Crippen MR) is 182 cm³/mol. The van der Waals surface area contributed by atoms with E-state index in [-0.39, 0.29) is 50.2 Å². The smallest absolute Gasteiger partial charge is 0.282 e. The number of nitrogens with zero attached hydrogens (tertiary/aromatic N) is 3. The Kier molecular flexibility index (Phi) is 11.9. The first-order valence-corrected chi connectivity index (χ1v) is 16.3. The van der Waals surface area contributed by atoms with Gasteiger partial charge in [0.15, 0.2) is 12.4 Å². The van der Waals surface area contributed by atoms with E-state index in [2.05, 4.69) is 31.1 Å². The Hall–Kier alpha value is -3.59. The van der Waals surface area contributed by atoms with Gasteiger partial charge in [-0.05, 0) is 63.8 Å². The van der Waals surface area contributed by atoms with Crippen LogP contribution in [0.5, 0.6) is 5.88 Å². The van der Waals surface area contributed by atoms with Crippen molar-refractivity contribution in [2.24, 2.45) is 7.05 Å². The molecule has 1 saturated heterocycles. The topological polar surface area (TPSA) is 81.5 Å². The average Bonchev–Trinajstić information content (AvgIpc) is 3.33. The summed E-state index contributed by atoms with van der Waals surface area (Å²) in [7, 11) is 1.65. The molecule has 4 aromatic rings. The number of amides is 1. The number of carbonyl (C=O) groups is 3. The highest BCUT2D eigenvalue weighted by molar-refractivity contribution is 8.14. The van der Waals surface area contributed by atoms with E-state index in [4.69, 9.17) is 27.9 Å². The van der Waals surface area contributed by atoms with E-state index in [1.165, 1.54) is 34.5 Å². The highest BCUT2D eigenvalue weighted by Crippen LogP contribution is 2.37. The van der Waals surface area contributed by atoms with Gasteiger partial charge in [0, 0.05) is 41.0 Å². The van der Waals surface area contributed by atoms with Crippen LogP contribution in [-0.4, -0.2) is 51.2 Å². The third kappa shape index (κ3) is 9.00. The van der Waals surface area contributed by atoms with Crippen LogP contribution < -0.4 is 4.74 Å². The van der Waals surface area contributed by atoms with Gasteiger partial charge in [-0.25, -0.2) is 4.68 Å². The molecule has 0 aliphatic carbocycles. The lowest BCUT2D eigenvalue weighted by Crippen LogP contribution is -2.34. The molecule has 1 aliphatic heterocycles.